The van der Waals surface area contributed by atoms with E-state index in [4.69, 9.17) is 0 Å². The summed E-state index contributed by atoms with van der Waals surface area (Å²) in [6, 6.07) is 0. The van der Waals surface area contributed by atoms with Gasteiger partial charge in [-0.3, -0.25) is 4.79 Å². The van der Waals surface area contributed by atoms with Crippen molar-refractivity contribution in [3.05, 3.63) is 0 Å². The van der Waals surface area contributed by atoms with Crippen molar-refractivity contribution < 1.29 is 9.90 Å². The van der Waals surface area contributed by atoms with E-state index < -0.39 is 0 Å². The quantitative estimate of drug-likeness (QED) is 0.810. The normalized spacial score (nSPS) is 26.7. The molecule has 1 N–H and O–H groups in total. The molecule has 0 aromatic heterocycles. The highest BCUT2D eigenvalue weighted by atomic mass is 32.2. The molecule has 3 heteroatoms. The van der Waals surface area contributed by atoms with Gasteiger partial charge in [-0.2, -0.15) is 0 Å². The third-order valence-corrected chi connectivity index (χ3v) is 5.03. The van der Waals surface area contributed by atoms with Gasteiger partial charge < -0.3 is 5.11 Å². The van der Waals surface area contributed by atoms with Crippen LogP contribution in [0.4, 0.5) is 0 Å². The molecule has 15 heavy (non-hydrogen) atoms. The van der Waals surface area contributed by atoms with Crippen LogP contribution < -0.4 is 0 Å². The van der Waals surface area contributed by atoms with E-state index in [1.165, 1.54) is 0 Å². The van der Waals surface area contributed by atoms with Crippen LogP contribution in [0.3, 0.4) is 0 Å². The van der Waals surface area contributed by atoms with Crippen LogP contribution in [0.2, 0.25) is 0 Å². The van der Waals surface area contributed by atoms with Gasteiger partial charge >= 0.3 is 0 Å². The molecule has 2 nitrogen and oxygen atoms in total. The number of hydrogen-bond donors (Lipinski definition) is 1. The Morgan fingerprint density at radius 1 is 1.53 bits per heavy atom. The van der Waals surface area contributed by atoms with Crippen LogP contribution in [0, 0.1) is 5.41 Å². The Morgan fingerprint density at radius 3 is 2.67 bits per heavy atom. The van der Waals surface area contributed by atoms with Gasteiger partial charge in [-0.15, -0.1) is 11.8 Å². The number of carbonyl (C=O) groups is 1. The van der Waals surface area contributed by atoms with Crippen LogP contribution in [0.25, 0.3) is 0 Å². The van der Waals surface area contributed by atoms with Gasteiger partial charge in [-0.1, -0.05) is 13.8 Å². The van der Waals surface area contributed by atoms with Gasteiger partial charge in [0.15, 0.2) is 0 Å². The maximum absolute atomic E-state index is 11.5. The number of carbonyl (C=O) groups excluding carboxylic acids is 1. The molecule has 1 aliphatic carbocycles. The average Bonchev–Trinajstić information content (AvgIpc) is 2.12. The van der Waals surface area contributed by atoms with Gasteiger partial charge in [0.1, 0.15) is 5.78 Å². The first-order valence-corrected chi connectivity index (χ1v) is 6.45. The summed E-state index contributed by atoms with van der Waals surface area (Å²) in [6.45, 7) is 8.69. The SMILES string of the molecule is CC(C)(CO)SC1CC(=O)CCC1(C)C. The van der Waals surface area contributed by atoms with Gasteiger partial charge in [0.2, 0.25) is 0 Å². The zero-order chi connectivity index (χ0) is 11.7. The summed E-state index contributed by atoms with van der Waals surface area (Å²) in [4.78, 5) is 11.5. The lowest BCUT2D eigenvalue weighted by atomic mass is 9.76. The molecule has 0 amide bonds. The van der Waals surface area contributed by atoms with Crippen molar-refractivity contribution in [2.24, 2.45) is 5.41 Å². The number of Topliss-reactive ketones (excluding diaryl/α,β-unsaturated/α-hetero) is 1. The monoisotopic (exact) mass is 230 g/mol. The van der Waals surface area contributed by atoms with Crippen LogP contribution >= 0.6 is 11.8 Å². The fraction of sp³-hybridized carbons (Fsp3) is 0.917. The molecule has 1 fully saturated rings. The molecule has 1 rings (SSSR count). The summed E-state index contributed by atoms with van der Waals surface area (Å²) in [7, 11) is 0. The fourth-order valence-electron chi connectivity index (χ4n) is 1.83. The zero-order valence-corrected chi connectivity index (χ0v) is 11.0. The number of hydrogen-bond acceptors (Lipinski definition) is 3. The summed E-state index contributed by atoms with van der Waals surface area (Å²) in [5.74, 6) is 0.376. The molecule has 0 aromatic carbocycles. The summed E-state index contributed by atoms with van der Waals surface area (Å²) in [5.41, 5.74) is 0.213. The minimum Gasteiger partial charge on any atom is -0.395 e. The Labute approximate surface area is 96.8 Å². The second-order valence-corrected chi connectivity index (χ2v) is 7.67. The molecular weight excluding hydrogens is 208 g/mol. The number of aliphatic hydroxyl groups is 1. The summed E-state index contributed by atoms with van der Waals surface area (Å²) >= 11 is 1.76. The highest BCUT2D eigenvalue weighted by Gasteiger charge is 2.39. The van der Waals surface area contributed by atoms with E-state index in [-0.39, 0.29) is 16.8 Å². The highest BCUT2D eigenvalue weighted by Crippen LogP contribution is 2.45. The molecule has 1 saturated carbocycles. The number of thioether (sulfide) groups is 1. The van der Waals surface area contributed by atoms with Crippen molar-refractivity contribution in [2.75, 3.05) is 6.61 Å². The maximum atomic E-state index is 11.5. The zero-order valence-electron chi connectivity index (χ0n) is 10.2. The predicted molar refractivity (Wildman–Crippen MR) is 65.2 cm³/mol. The molecule has 0 saturated heterocycles. The third-order valence-electron chi connectivity index (χ3n) is 3.17. The van der Waals surface area contributed by atoms with Crippen LogP contribution in [0.1, 0.15) is 47.0 Å². The molecule has 0 aliphatic heterocycles. The Hall–Kier alpha value is -0.0200. The van der Waals surface area contributed by atoms with E-state index in [0.29, 0.717) is 17.5 Å². The van der Waals surface area contributed by atoms with Crippen LogP contribution in [-0.4, -0.2) is 27.5 Å². The first kappa shape index (κ1) is 13.0. The van der Waals surface area contributed by atoms with E-state index in [2.05, 4.69) is 13.8 Å². The third kappa shape index (κ3) is 3.49. The highest BCUT2D eigenvalue weighted by molar-refractivity contribution is 8.01. The first-order valence-electron chi connectivity index (χ1n) is 5.57. The molecule has 0 bridgehead atoms. The Morgan fingerprint density at radius 2 is 2.13 bits per heavy atom. The summed E-state index contributed by atoms with van der Waals surface area (Å²) < 4.78 is -0.139. The Balaban J connectivity index is 2.69. The van der Waals surface area contributed by atoms with E-state index in [1.807, 2.05) is 13.8 Å². The molecule has 1 atom stereocenters. The van der Waals surface area contributed by atoms with E-state index >= 15 is 0 Å². The van der Waals surface area contributed by atoms with Crippen molar-refractivity contribution in [2.45, 2.75) is 57.0 Å². The second kappa shape index (κ2) is 4.46. The largest absolute Gasteiger partial charge is 0.395 e. The lowest BCUT2D eigenvalue weighted by Gasteiger charge is -2.41. The Bertz CT molecular complexity index is 246. The van der Waals surface area contributed by atoms with E-state index in [0.717, 1.165) is 12.8 Å². The van der Waals surface area contributed by atoms with Crippen molar-refractivity contribution >= 4 is 17.5 Å². The number of ketones is 1. The fourth-order valence-corrected chi connectivity index (χ4v) is 3.38. The predicted octanol–water partition coefficient (Wildman–Crippen LogP) is 2.64. The topological polar surface area (TPSA) is 37.3 Å². The molecule has 0 radical (unpaired) electrons. The minimum absolute atomic E-state index is 0.139. The summed E-state index contributed by atoms with van der Waals surface area (Å²) in [5, 5.41) is 9.60. The van der Waals surface area contributed by atoms with Crippen molar-refractivity contribution in [1.29, 1.82) is 0 Å². The molecule has 1 unspecified atom stereocenters. The van der Waals surface area contributed by atoms with Crippen LogP contribution in [0.15, 0.2) is 0 Å². The van der Waals surface area contributed by atoms with Gasteiger partial charge in [-0.05, 0) is 25.7 Å². The van der Waals surface area contributed by atoms with E-state index in [1.54, 1.807) is 11.8 Å². The van der Waals surface area contributed by atoms with Crippen LogP contribution in [-0.2, 0) is 4.79 Å². The lowest BCUT2D eigenvalue weighted by molar-refractivity contribution is -0.121. The Kier molecular flexibility index (Phi) is 3.88. The average molecular weight is 230 g/mol. The standard InChI is InChI=1S/C12H22O2S/c1-11(2)6-5-9(14)7-10(11)15-12(3,4)8-13/h10,13H,5-8H2,1-4H3. The van der Waals surface area contributed by atoms with Gasteiger partial charge in [0.05, 0.1) is 6.61 Å². The smallest absolute Gasteiger partial charge is 0.134 e. The molecular formula is C12H22O2S. The van der Waals surface area contributed by atoms with Gasteiger partial charge in [0.25, 0.3) is 0 Å². The van der Waals surface area contributed by atoms with Gasteiger partial charge in [-0.25, -0.2) is 0 Å². The summed E-state index contributed by atoms with van der Waals surface area (Å²) in [6.07, 6.45) is 2.37. The molecule has 0 aromatic rings. The van der Waals surface area contributed by atoms with Crippen molar-refractivity contribution in [3.8, 4) is 0 Å². The van der Waals surface area contributed by atoms with Gasteiger partial charge in [0, 0.05) is 22.8 Å². The maximum Gasteiger partial charge on any atom is 0.134 e. The number of rotatable bonds is 3. The first-order chi connectivity index (χ1) is 6.77. The number of aliphatic hydroxyl groups excluding tert-OH is 1. The second-order valence-electron chi connectivity index (χ2n) is 5.76. The molecule has 0 spiro atoms. The van der Waals surface area contributed by atoms with Crippen molar-refractivity contribution in [1.82, 2.24) is 0 Å². The molecule has 88 valence electrons. The lowest BCUT2D eigenvalue weighted by Crippen LogP contribution is -2.38. The minimum atomic E-state index is -0.139. The molecule has 0 heterocycles. The molecule has 1 aliphatic rings. The van der Waals surface area contributed by atoms with Crippen molar-refractivity contribution in [3.63, 3.8) is 0 Å². The van der Waals surface area contributed by atoms with Crippen LogP contribution in [0.5, 0.6) is 0 Å². The van der Waals surface area contributed by atoms with E-state index in [9.17, 15) is 9.90 Å².